The van der Waals surface area contributed by atoms with Gasteiger partial charge in [-0.05, 0) is 90.8 Å². The zero-order valence-electron chi connectivity index (χ0n) is 59.1. The van der Waals surface area contributed by atoms with Crippen LogP contribution >= 0.6 is 0 Å². The van der Waals surface area contributed by atoms with Crippen LogP contribution < -0.4 is 0 Å². The van der Waals surface area contributed by atoms with Crippen LogP contribution in [0.2, 0.25) is 0 Å². The molecule has 0 aliphatic rings. The molecule has 0 radical (unpaired) electrons. The Hall–Kier alpha value is -1.79. The zero-order valence-corrected chi connectivity index (χ0v) is 59.1. The minimum Gasteiger partial charge on any atom is -0.462 e. The summed E-state index contributed by atoms with van der Waals surface area (Å²) in [5.74, 6) is -0.594. The number of rotatable bonds is 70. The third-order valence-electron chi connectivity index (χ3n) is 17.3. The highest BCUT2D eigenvalue weighted by Crippen LogP contribution is 2.16. The van der Waals surface area contributed by atoms with Crippen molar-refractivity contribution in [2.75, 3.05) is 105 Å². The Morgan fingerprint density at radius 1 is 0.221 bits per heavy atom. The lowest BCUT2D eigenvalue weighted by Gasteiger charge is -2.27. The van der Waals surface area contributed by atoms with Gasteiger partial charge in [0.1, 0.15) is 19.8 Å². The molecule has 0 spiro atoms. The molecule has 0 aromatic rings. The minimum atomic E-state index is -0.204. The summed E-state index contributed by atoms with van der Waals surface area (Å²) in [6.07, 6.45) is 63.6. The second-order valence-corrected chi connectivity index (χ2v) is 25.9. The number of esters is 3. The normalized spacial score (nSPS) is 11.6. The van der Waals surface area contributed by atoms with E-state index in [9.17, 15) is 14.4 Å². The fraction of sp³-hybridized carbons (Fsp3) is 0.960. The zero-order chi connectivity index (χ0) is 63.1. The molecule has 0 unspecified atom stereocenters. The predicted molar refractivity (Wildman–Crippen MR) is 372 cm³/mol. The topological polar surface area (TPSA) is 112 Å². The first-order chi connectivity index (χ1) is 42.2. The van der Waals surface area contributed by atoms with Crippen molar-refractivity contribution in [1.82, 2.24) is 19.6 Å². The second kappa shape index (κ2) is 73.9. The number of unbranched alkanes of at least 4 members (excludes halogenated alkanes) is 42. The SMILES string of the molecule is CCCCCCCCCN(CCCCCCCCC)CC(=O)OCCO.CCCCCCCCCN(CCCCCCCCC)CCN(CCCCCCCCC)CC(=O)OCCOC(=O)CN(CCCCCCCCC)CCCCCCCCC. The minimum absolute atomic E-state index is 0.0960. The number of hydrogen-bond donors (Lipinski definition) is 1. The van der Waals surface area contributed by atoms with Crippen molar-refractivity contribution in [3.63, 3.8) is 0 Å². The molecule has 514 valence electrons. The second-order valence-electron chi connectivity index (χ2n) is 25.9. The standard InChI is InChI=1S/C53H107N3O4.C22H45NO3/c1-6-11-16-21-26-31-36-41-54(42-37-32-27-22-17-12-7-2)46-47-56(45-40-35-30-25-20-15-10-5)51-53(58)60-49-48-59-52(57)50-55(43-38-33-28-23-18-13-8-3)44-39-34-29-24-19-14-9-4;1-3-5-7-9-11-13-15-17-23(21-22(25)26-20-19-24)18-16-14-12-10-8-6-4-2/h6-51H2,1-5H3;24H,3-21H2,1-2H3. The number of ether oxygens (including phenoxy) is 3. The summed E-state index contributed by atoms with van der Waals surface area (Å²) >= 11 is 0. The third-order valence-corrected chi connectivity index (χ3v) is 17.3. The van der Waals surface area contributed by atoms with Crippen molar-refractivity contribution in [1.29, 1.82) is 0 Å². The van der Waals surface area contributed by atoms with E-state index in [1.165, 1.54) is 296 Å². The van der Waals surface area contributed by atoms with Crippen LogP contribution in [0.1, 0.15) is 363 Å². The number of hydrogen-bond acceptors (Lipinski definition) is 11. The van der Waals surface area contributed by atoms with Gasteiger partial charge in [-0.3, -0.25) is 29.1 Å². The molecule has 11 heteroatoms. The summed E-state index contributed by atoms with van der Waals surface area (Å²) in [5, 5.41) is 8.78. The van der Waals surface area contributed by atoms with Crippen molar-refractivity contribution in [3.8, 4) is 0 Å². The highest BCUT2D eigenvalue weighted by atomic mass is 16.6. The van der Waals surface area contributed by atoms with Gasteiger partial charge in [0.15, 0.2) is 0 Å². The number of aliphatic hydroxyl groups is 1. The molecule has 0 rings (SSSR count). The summed E-state index contributed by atoms with van der Waals surface area (Å²) in [4.78, 5) is 47.6. The Kier molecular flexibility index (Phi) is 74.2. The average molecular weight is 1220 g/mol. The van der Waals surface area contributed by atoms with E-state index in [4.69, 9.17) is 19.3 Å². The van der Waals surface area contributed by atoms with Crippen LogP contribution in [-0.4, -0.2) is 148 Å². The van der Waals surface area contributed by atoms with Crippen molar-refractivity contribution in [2.45, 2.75) is 363 Å². The monoisotopic (exact) mass is 1220 g/mol. The Balaban J connectivity index is 0. The first-order valence-corrected chi connectivity index (χ1v) is 38.2. The van der Waals surface area contributed by atoms with E-state index in [1.54, 1.807) is 0 Å². The molecule has 0 aromatic carbocycles. The van der Waals surface area contributed by atoms with Crippen LogP contribution in [-0.2, 0) is 28.6 Å². The van der Waals surface area contributed by atoms with Crippen molar-refractivity contribution in [2.24, 2.45) is 0 Å². The van der Waals surface area contributed by atoms with Gasteiger partial charge in [0.25, 0.3) is 0 Å². The molecule has 0 saturated heterocycles. The van der Waals surface area contributed by atoms with Gasteiger partial charge in [0.05, 0.1) is 26.2 Å². The largest absolute Gasteiger partial charge is 0.462 e. The summed E-state index contributed by atoms with van der Waals surface area (Å²) < 4.78 is 16.4. The van der Waals surface area contributed by atoms with Gasteiger partial charge in [0, 0.05) is 13.1 Å². The van der Waals surface area contributed by atoms with Crippen molar-refractivity contribution in [3.05, 3.63) is 0 Å². The number of nitrogens with zero attached hydrogens (tertiary/aromatic N) is 4. The average Bonchev–Trinajstić information content (AvgIpc) is 3.52. The van der Waals surface area contributed by atoms with E-state index >= 15 is 0 Å². The molecular formula is C75H152N4O7. The summed E-state index contributed by atoms with van der Waals surface area (Å²) in [6.45, 7) is 26.3. The molecule has 86 heavy (non-hydrogen) atoms. The fourth-order valence-electron chi connectivity index (χ4n) is 11.6. The number of aliphatic hydroxyl groups excluding tert-OH is 1. The Morgan fingerprint density at radius 2 is 0.384 bits per heavy atom. The fourth-order valence-corrected chi connectivity index (χ4v) is 11.6. The Morgan fingerprint density at radius 3 is 0.593 bits per heavy atom. The van der Waals surface area contributed by atoms with Gasteiger partial charge >= 0.3 is 17.9 Å². The van der Waals surface area contributed by atoms with E-state index in [-0.39, 0.29) is 44.3 Å². The molecule has 1 N–H and O–H groups in total. The Labute approximate surface area is 536 Å². The van der Waals surface area contributed by atoms with Crippen LogP contribution in [0.15, 0.2) is 0 Å². The third kappa shape index (κ3) is 68.1. The molecule has 0 atom stereocenters. The van der Waals surface area contributed by atoms with E-state index in [1.807, 2.05) is 0 Å². The smallest absolute Gasteiger partial charge is 0.320 e. The maximum Gasteiger partial charge on any atom is 0.320 e. The van der Waals surface area contributed by atoms with E-state index in [0.717, 1.165) is 77.9 Å². The van der Waals surface area contributed by atoms with Crippen LogP contribution in [0.3, 0.4) is 0 Å². The lowest BCUT2D eigenvalue weighted by atomic mass is 10.1. The van der Waals surface area contributed by atoms with E-state index in [2.05, 4.69) is 68.1 Å². The van der Waals surface area contributed by atoms with Crippen LogP contribution in [0.25, 0.3) is 0 Å². The van der Waals surface area contributed by atoms with Gasteiger partial charge in [-0.1, -0.05) is 318 Å². The summed E-state index contributed by atoms with van der Waals surface area (Å²) in [5.41, 5.74) is 0. The molecule has 0 fully saturated rings. The van der Waals surface area contributed by atoms with Crippen LogP contribution in [0.4, 0.5) is 0 Å². The molecule has 11 nitrogen and oxygen atoms in total. The molecule has 0 aromatic heterocycles. The van der Waals surface area contributed by atoms with E-state index in [0.29, 0.717) is 19.6 Å². The molecule has 0 aliphatic carbocycles. The van der Waals surface area contributed by atoms with Gasteiger partial charge in [-0.25, -0.2) is 0 Å². The van der Waals surface area contributed by atoms with Crippen LogP contribution in [0.5, 0.6) is 0 Å². The summed E-state index contributed by atoms with van der Waals surface area (Å²) in [6, 6.07) is 0. The maximum atomic E-state index is 13.2. The lowest BCUT2D eigenvalue weighted by Crippen LogP contribution is -2.39. The Bertz CT molecular complexity index is 1290. The van der Waals surface area contributed by atoms with E-state index < -0.39 is 0 Å². The number of carbonyl (C=O) groups excluding carboxylic acids is 3. The molecule has 0 amide bonds. The van der Waals surface area contributed by atoms with Gasteiger partial charge in [0.2, 0.25) is 0 Å². The lowest BCUT2D eigenvalue weighted by molar-refractivity contribution is -0.153. The predicted octanol–water partition coefficient (Wildman–Crippen LogP) is 20.1. The van der Waals surface area contributed by atoms with Crippen molar-refractivity contribution < 1.29 is 33.7 Å². The quantitative estimate of drug-likeness (QED) is 0.0357. The van der Waals surface area contributed by atoms with Crippen LogP contribution in [0, 0.1) is 0 Å². The molecule has 0 heterocycles. The highest BCUT2D eigenvalue weighted by Gasteiger charge is 2.17. The first-order valence-electron chi connectivity index (χ1n) is 38.2. The molecule has 0 aliphatic heterocycles. The molecule has 0 bridgehead atoms. The van der Waals surface area contributed by atoms with Gasteiger partial charge in [-0.15, -0.1) is 0 Å². The first kappa shape index (κ1) is 86.3. The van der Waals surface area contributed by atoms with Gasteiger partial charge < -0.3 is 24.2 Å². The number of carbonyl (C=O) groups is 3. The van der Waals surface area contributed by atoms with Crippen molar-refractivity contribution >= 4 is 17.9 Å². The molecular weight excluding hydrogens is 1070 g/mol. The highest BCUT2D eigenvalue weighted by molar-refractivity contribution is 5.72. The summed E-state index contributed by atoms with van der Waals surface area (Å²) in [7, 11) is 0. The maximum absolute atomic E-state index is 13.2. The molecule has 0 saturated carbocycles. The van der Waals surface area contributed by atoms with Gasteiger partial charge in [-0.2, -0.15) is 0 Å².